The highest BCUT2D eigenvalue weighted by molar-refractivity contribution is 8.22. The average molecular weight is 225 g/mol. The van der Waals surface area contributed by atoms with Crippen LogP contribution in [0.1, 0.15) is 5.56 Å². The molecule has 0 saturated carbocycles. The molecule has 0 aliphatic carbocycles. The van der Waals surface area contributed by atoms with Gasteiger partial charge in [0, 0.05) is 11.3 Å². The summed E-state index contributed by atoms with van der Waals surface area (Å²) >= 11 is 6.35. The fraction of sp³-hybridized carbons (Fsp3) is 0.111. The molecule has 0 aliphatic rings. The monoisotopic (exact) mass is 225 g/mol. The van der Waals surface area contributed by atoms with Gasteiger partial charge in [-0.05, 0) is 12.3 Å². The number of nitrogens with one attached hydrogen (secondary N) is 1. The van der Waals surface area contributed by atoms with Crippen LogP contribution in [0.5, 0.6) is 0 Å². The highest BCUT2D eigenvalue weighted by atomic mass is 32.2. The summed E-state index contributed by atoms with van der Waals surface area (Å²) in [5.74, 6) is 0. The topological polar surface area (TPSA) is 50.4 Å². The lowest BCUT2D eigenvalue weighted by atomic mass is 10.2. The molecule has 3 N–H and O–H groups in total. The quantitative estimate of drug-likeness (QED) is 0.349. The van der Waals surface area contributed by atoms with E-state index in [4.69, 9.17) is 18.0 Å². The number of nitrogens with zero attached hydrogens (tertiary/aromatic N) is 1. The number of nitrogen functional groups attached to an aromatic ring is 1. The van der Waals surface area contributed by atoms with Crippen molar-refractivity contribution in [1.29, 1.82) is 0 Å². The van der Waals surface area contributed by atoms with E-state index in [1.54, 1.807) is 6.21 Å². The Labute approximate surface area is 92.8 Å². The van der Waals surface area contributed by atoms with Crippen LogP contribution in [0.2, 0.25) is 0 Å². The molecule has 0 heterocycles. The molecule has 0 bridgehead atoms. The van der Waals surface area contributed by atoms with Gasteiger partial charge in [-0.2, -0.15) is 5.10 Å². The molecule has 0 unspecified atom stereocenters. The van der Waals surface area contributed by atoms with E-state index >= 15 is 0 Å². The zero-order valence-electron chi connectivity index (χ0n) is 7.73. The Kier molecular flexibility index (Phi) is 4.42. The van der Waals surface area contributed by atoms with Crippen LogP contribution in [-0.4, -0.2) is 16.8 Å². The van der Waals surface area contributed by atoms with Gasteiger partial charge in [0.2, 0.25) is 0 Å². The van der Waals surface area contributed by atoms with E-state index in [1.165, 1.54) is 11.8 Å². The molecule has 0 saturated heterocycles. The number of anilines is 1. The number of rotatable bonds is 2. The molecule has 0 radical (unpaired) electrons. The zero-order valence-corrected chi connectivity index (χ0v) is 9.36. The molecule has 1 aromatic carbocycles. The summed E-state index contributed by atoms with van der Waals surface area (Å²) in [6, 6.07) is 7.51. The van der Waals surface area contributed by atoms with E-state index in [-0.39, 0.29) is 0 Å². The van der Waals surface area contributed by atoms with Crippen LogP contribution in [0.25, 0.3) is 0 Å². The van der Waals surface area contributed by atoms with E-state index in [9.17, 15) is 0 Å². The summed E-state index contributed by atoms with van der Waals surface area (Å²) in [6.45, 7) is 0. The van der Waals surface area contributed by atoms with E-state index < -0.39 is 0 Å². The molecule has 74 valence electrons. The van der Waals surface area contributed by atoms with Crippen LogP contribution < -0.4 is 11.2 Å². The maximum atomic E-state index is 5.71. The Morgan fingerprint density at radius 2 is 2.29 bits per heavy atom. The number of hydrazone groups is 1. The first-order valence-corrected chi connectivity index (χ1v) is 5.59. The molecule has 3 nitrogen and oxygen atoms in total. The second kappa shape index (κ2) is 5.62. The number of thioether (sulfide) groups is 1. The normalized spacial score (nSPS) is 10.4. The lowest BCUT2D eigenvalue weighted by Gasteiger charge is -1.99. The first-order chi connectivity index (χ1) is 6.74. The van der Waals surface area contributed by atoms with Gasteiger partial charge in [-0.15, -0.1) is 0 Å². The summed E-state index contributed by atoms with van der Waals surface area (Å²) in [6.07, 6.45) is 3.54. The van der Waals surface area contributed by atoms with Crippen molar-refractivity contribution < 1.29 is 0 Å². The summed E-state index contributed by atoms with van der Waals surface area (Å²) in [5.41, 5.74) is 10.0. The Morgan fingerprint density at radius 1 is 1.57 bits per heavy atom. The van der Waals surface area contributed by atoms with E-state index in [1.807, 2.05) is 30.5 Å². The van der Waals surface area contributed by atoms with Crippen LogP contribution in [-0.2, 0) is 0 Å². The van der Waals surface area contributed by atoms with Crippen molar-refractivity contribution in [3.05, 3.63) is 29.8 Å². The predicted octanol–water partition coefficient (Wildman–Crippen LogP) is 1.84. The summed E-state index contributed by atoms with van der Waals surface area (Å²) in [4.78, 5) is 0. The highest BCUT2D eigenvalue weighted by Crippen LogP contribution is 2.06. The second-order valence-electron chi connectivity index (χ2n) is 2.49. The average Bonchev–Trinajstić information content (AvgIpc) is 2.20. The van der Waals surface area contributed by atoms with Crippen LogP contribution in [0.15, 0.2) is 29.4 Å². The minimum atomic E-state index is 0.635. The van der Waals surface area contributed by atoms with Crippen molar-refractivity contribution in [2.24, 2.45) is 5.10 Å². The molecule has 0 spiro atoms. The number of para-hydroxylation sites is 1. The van der Waals surface area contributed by atoms with Gasteiger partial charge in [-0.25, -0.2) is 0 Å². The van der Waals surface area contributed by atoms with Crippen LogP contribution in [0.4, 0.5) is 5.69 Å². The smallest absolute Gasteiger partial charge is 0.153 e. The van der Waals surface area contributed by atoms with Gasteiger partial charge in [-0.1, -0.05) is 42.2 Å². The molecular weight excluding hydrogens is 214 g/mol. The van der Waals surface area contributed by atoms with Crippen LogP contribution >= 0.6 is 24.0 Å². The van der Waals surface area contributed by atoms with E-state index in [2.05, 4.69) is 10.5 Å². The standard InChI is InChI=1S/C9H11N3S2/c1-14-9(13)12-11-6-7-4-2-3-5-8(7)10/h2-6H,10H2,1H3,(H,12,13). The molecule has 0 amide bonds. The van der Waals surface area contributed by atoms with Crippen molar-refractivity contribution in [3.8, 4) is 0 Å². The maximum absolute atomic E-state index is 5.71. The minimum absolute atomic E-state index is 0.635. The fourth-order valence-electron chi connectivity index (χ4n) is 0.829. The van der Waals surface area contributed by atoms with Gasteiger partial charge >= 0.3 is 0 Å². The van der Waals surface area contributed by atoms with Gasteiger partial charge in [0.05, 0.1) is 6.21 Å². The van der Waals surface area contributed by atoms with Crippen molar-refractivity contribution in [3.63, 3.8) is 0 Å². The SMILES string of the molecule is CSC(=S)NN=Cc1ccccc1N. The van der Waals surface area contributed by atoms with E-state index in [0.29, 0.717) is 10.0 Å². The molecule has 1 aromatic rings. The largest absolute Gasteiger partial charge is 0.398 e. The molecule has 0 fully saturated rings. The third kappa shape index (κ3) is 3.35. The van der Waals surface area contributed by atoms with Crippen molar-refractivity contribution in [2.75, 3.05) is 12.0 Å². The first-order valence-electron chi connectivity index (χ1n) is 3.95. The van der Waals surface area contributed by atoms with Crippen molar-refractivity contribution in [1.82, 2.24) is 5.43 Å². The molecule has 0 aromatic heterocycles. The second-order valence-corrected chi connectivity index (χ2v) is 3.97. The van der Waals surface area contributed by atoms with Crippen molar-refractivity contribution in [2.45, 2.75) is 0 Å². The van der Waals surface area contributed by atoms with Gasteiger partial charge in [0.25, 0.3) is 0 Å². The summed E-state index contributed by atoms with van der Waals surface area (Å²) < 4.78 is 0.635. The first kappa shape index (κ1) is 11.0. The van der Waals surface area contributed by atoms with Crippen LogP contribution in [0, 0.1) is 0 Å². The van der Waals surface area contributed by atoms with Gasteiger partial charge in [0.1, 0.15) is 0 Å². The maximum Gasteiger partial charge on any atom is 0.153 e. The summed E-state index contributed by atoms with van der Waals surface area (Å²) in [7, 11) is 0. The molecule has 14 heavy (non-hydrogen) atoms. The molecule has 0 atom stereocenters. The Bertz CT molecular complexity index is 350. The number of hydrogen-bond donors (Lipinski definition) is 2. The van der Waals surface area contributed by atoms with Gasteiger partial charge < -0.3 is 5.73 Å². The third-order valence-corrected chi connectivity index (χ3v) is 2.59. The Balaban J connectivity index is 2.60. The third-order valence-electron chi connectivity index (χ3n) is 1.54. The highest BCUT2D eigenvalue weighted by Gasteiger charge is 1.92. The Morgan fingerprint density at radius 3 is 2.93 bits per heavy atom. The molecule has 1 rings (SSSR count). The van der Waals surface area contributed by atoms with E-state index in [0.717, 1.165) is 5.56 Å². The fourth-order valence-corrected chi connectivity index (χ4v) is 1.03. The van der Waals surface area contributed by atoms with Gasteiger partial charge in [0.15, 0.2) is 4.32 Å². The Hall–Kier alpha value is -1.07. The van der Waals surface area contributed by atoms with Crippen molar-refractivity contribution >= 4 is 40.2 Å². The zero-order chi connectivity index (χ0) is 10.4. The lowest BCUT2D eigenvalue weighted by Crippen LogP contribution is -2.10. The minimum Gasteiger partial charge on any atom is -0.398 e. The molecule has 5 heteroatoms. The number of thiocarbonyl (C=S) groups is 1. The predicted molar refractivity (Wildman–Crippen MR) is 67.7 cm³/mol. The number of benzene rings is 1. The van der Waals surface area contributed by atoms with Crippen LogP contribution in [0.3, 0.4) is 0 Å². The number of hydrogen-bond acceptors (Lipinski definition) is 4. The number of nitrogens with two attached hydrogens (primary N) is 1. The lowest BCUT2D eigenvalue weighted by molar-refractivity contribution is 1.07. The molecular formula is C9H11N3S2. The summed E-state index contributed by atoms with van der Waals surface area (Å²) in [5, 5.41) is 3.96. The molecule has 0 aliphatic heterocycles. The van der Waals surface area contributed by atoms with Gasteiger partial charge in [-0.3, -0.25) is 5.43 Å².